The maximum absolute atomic E-state index is 11.0. The third kappa shape index (κ3) is 3.13. The lowest BCUT2D eigenvalue weighted by molar-refractivity contribution is -0.0558. The summed E-state index contributed by atoms with van der Waals surface area (Å²) in [6, 6.07) is 0. The van der Waals surface area contributed by atoms with Crippen molar-refractivity contribution >= 4 is 24.6 Å². The number of aliphatic hydroxyl groups is 2. The van der Waals surface area contributed by atoms with Crippen LogP contribution in [0, 0.1) is 0 Å². The van der Waals surface area contributed by atoms with Gasteiger partial charge in [0.05, 0.1) is 12.9 Å². The van der Waals surface area contributed by atoms with E-state index in [0.29, 0.717) is 11.2 Å². The number of fused-ring (bicyclic) bond motifs is 1. The van der Waals surface area contributed by atoms with Crippen LogP contribution >= 0.6 is 7.60 Å². The number of hydrogen-bond acceptors (Lipinski definition) is 9. The van der Waals surface area contributed by atoms with Crippen LogP contribution in [0.5, 0.6) is 0 Å². The normalized spacial score (nSPS) is 27.8. The highest BCUT2D eigenvalue weighted by molar-refractivity contribution is 7.51. The van der Waals surface area contributed by atoms with Crippen LogP contribution in [0.1, 0.15) is 6.23 Å². The van der Waals surface area contributed by atoms with Crippen LogP contribution in [0.3, 0.4) is 0 Å². The van der Waals surface area contributed by atoms with Crippen molar-refractivity contribution in [3.8, 4) is 0 Å². The van der Waals surface area contributed by atoms with E-state index < -0.39 is 45.1 Å². The molecule has 6 N–H and O–H groups in total. The fourth-order valence-corrected chi connectivity index (χ4v) is 2.91. The van der Waals surface area contributed by atoms with Gasteiger partial charge in [-0.2, -0.15) is 0 Å². The Morgan fingerprint density at radius 2 is 2.12 bits per heavy atom. The molecule has 3 rings (SSSR count). The standard InChI is InChI=1S/C11H16N5O7P/c12-9-6-10(14-2-13-9)16(3-15-6)11-7(18)8(5(1-17)23-11)22-4-24(19,20)21/h2-3,5,7-8,11,17-18H,1,4H2,(H2,12,13,14)(H2,19,20,21)/t5-,7-,8+,11-/m1/s1. The molecule has 0 radical (unpaired) electrons. The van der Waals surface area contributed by atoms with Crippen molar-refractivity contribution in [2.24, 2.45) is 0 Å². The SMILES string of the molecule is Nc1ncnc2c1ncn2[C@@H]1O[C@H](CO)[C@H](OCP(=O)(O)O)[C@H]1O. The molecular weight excluding hydrogens is 345 g/mol. The van der Waals surface area contributed by atoms with E-state index in [9.17, 15) is 14.8 Å². The van der Waals surface area contributed by atoms with Gasteiger partial charge < -0.3 is 35.2 Å². The van der Waals surface area contributed by atoms with Gasteiger partial charge in [0, 0.05) is 0 Å². The zero-order valence-corrected chi connectivity index (χ0v) is 13.1. The molecule has 0 saturated carbocycles. The van der Waals surface area contributed by atoms with E-state index in [2.05, 4.69) is 15.0 Å². The number of rotatable bonds is 5. The first-order valence-electron chi connectivity index (χ1n) is 6.85. The number of aliphatic hydroxyl groups excluding tert-OH is 2. The number of imidazole rings is 1. The molecule has 0 aromatic carbocycles. The van der Waals surface area contributed by atoms with Gasteiger partial charge in [0.1, 0.15) is 36.5 Å². The molecule has 4 atom stereocenters. The Morgan fingerprint density at radius 1 is 1.38 bits per heavy atom. The second kappa shape index (κ2) is 6.33. The second-order valence-electron chi connectivity index (χ2n) is 5.25. The fraction of sp³-hybridized carbons (Fsp3) is 0.545. The molecule has 2 aromatic heterocycles. The highest BCUT2D eigenvalue weighted by Crippen LogP contribution is 2.38. The van der Waals surface area contributed by atoms with Gasteiger partial charge in [-0.05, 0) is 0 Å². The number of nitrogens with zero attached hydrogens (tertiary/aromatic N) is 4. The highest BCUT2D eigenvalue weighted by atomic mass is 31.2. The molecular formula is C11H16N5O7P. The molecule has 24 heavy (non-hydrogen) atoms. The zero-order chi connectivity index (χ0) is 17.5. The molecule has 13 heteroatoms. The average Bonchev–Trinajstić information content (AvgIpc) is 3.06. The van der Waals surface area contributed by atoms with Crippen molar-refractivity contribution in [3.63, 3.8) is 0 Å². The minimum absolute atomic E-state index is 0.152. The molecule has 1 aliphatic heterocycles. The summed E-state index contributed by atoms with van der Waals surface area (Å²) in [4.78, 5) is 29.7. The Balaban J connectivity index is 1.88. The minimum atomic E-state index is -4.43. The lowest BCUT2D eigenvalue weighted by Gasteiger charge is -2.20. The molecule has 0 spiro atoms. The molecule has 0 amide bonds. The smallest absolute Gasteiger partial charge is 0.350 e. The maximum Gasteiger partial charge on any atom is 0.350 e. The molecule has 132 valence electrons. The summed E-state index contributed by atoms with van der Waals surface area (Å²) in [5.74, 6) is 0.152. The van der Waals surface area contributed by atoms with Crippen LogP contribution in [-0.4, -0.2) is 70.8 Å². The first-order valence-corrected chi connectivity index (χ1v) is 8.65. The molecule has 0 unspecified atom stereocenters. The lowest BCUT2D eigenvalue weighted by Crippen LogP contribution is -2.36. The number of anilines is 1. The molecule has 12 nitrogen and oxygen atoms in total. The fourth-order valence-electron chi connectivity index (χ4n) is 2.54. The van der Waals surface area contributed by atoms with E-state index in [-0.39, 0.29) is 5.82 Å². The van der Waals surface area contributed by atoms with Gasteiger partial charge in [0.25, 0.3) is 0 Å². The van der Waals surface area contributed by atoms with Crippen molar-refractivity contribution in [2.75, 3.05) is 18.7 Å². The zero-order valence-electron chi connectivity index (χ0n) is 12.2. The van der Waals surface area contributed by atoms with Crippen molar-refractivity contribution in [1.29, 1.82) is 0 Å². The summed E-state index contributed by atoms with van der Waals surface area (Å²) >= 11 is 0. The van der Waals surface area contributed by atoms with Gasteiger partial charge in [-0.15, -0.1) is 0 Å². The third-order valence-corrected chi connectivity index (χ3v) is 4.07. The van der Waals surface area contributed by atoms with Crippen molar-refractivity contribution < 1.29 is 34.0 Å². The highest BCUT2D eigenvalue weighted by Gasteiger charge is 2.46. The predicted molar refractivity (Wildman–Crippen MR) is 78.5 cm³/mol. The van der Waals surface area contributed by atoms with Crippen LogP contribution in [0.2, 0.25) is 0 Å². The van der Waals surface area contributed by atoms with Crippen LogP contribution < -0.4 is 5.73 Å². The van der Waals surface area contributed by atoms with E-state index in [0.717, 1.165) is 0 Å². The van der Waals surface area contributed by atoms with Gasteiger partial charge in [0.15, 0.2) is 17.7 Å². The molecule has 1 aliphatic rings. The summed E-state index contributed by atoms with van der Waals surface area (Å²) in [5.41, 5.74) is 6.32. The minimum Gasteiger partial charge on any atom is -0.394 e. The Hall–Kier alpha value is -1.66. The number of ether oxygens (including phenoxy) is 2. The van der Waals surface area contributed by atoms with E-state index >= 15 is 0 Å². The summed E-state index contributed by atoms with van der Waals surface area (Å²) in [6.45, 7) is -0.511. The molecule has 0 aliphatic carbocycles. The third-order valence-electron chi connectivity index (χ3n) is 3.59. The van der Waals surface area contributed by atoms with Gasteiger partial charge in [-0.3, -0.25) is 9.13 Å². The van der Waals surface area contributed by atoms with E-state index in [1.54, 1.807) is 0 Å². The quantitative estimate of drug-likeness (QED) is 0.377. The van der Waals surface area contributed by atoms with E-state index in [1.165, 1.54) is 17.2 Å². The summed E-state index contributed by atoms with van der Waals surface area (Å²) in [7, 11) is -4.43. The van der Waals surface area contributed by atoms with E-state index in [4.69, 9.17) is 25.0 Å². The molecule has 3 heterocycles. The maximum atomic E-state index is 11.0. The van der Waals surface area contributed by atoms with Crippen LogP contribution in [0.25, 0.3) is 11.2 Å². The number of aromatic nitrogens is 4. The monoisotopic (exact) mass is 361 g/mol. The topological polar surface area (TPSA) is 186 Å². The van der Waals surface area contributed by atoms with Gasteiger partial charge >= 0.3 is 7.60 Å². The number of nitrogen functional groups attached to an aromatic ring is 1. The summed E-state index contributed by atoms with van der Waals surface area (Å²) in [6.07, 6.45) is -2.80. The average molecular weight is 361 g/mol. The Labute approximate surface area is 135 Å². The van der Waals surface area contributed by atoms with Crippen LogP contribution in [0.15, 0.2) is 12.7 Å². The second-order valence-corrected chi connectivity index (χ2v) is 6.83. The molecule has 2 aromatic rings. The Kier molecular flexibility index (Phi) is 4.53. The number of nitrogens with two attached hydrogens (primary N) is 1. The van der Waals surface area contributed by atoms with Gasteiger partial charge in [-0.25, -0.2) is 15.0 Å². The first-order chi connectivity index (χ1) is 11.3. The molecule has 1 fully saturated rings. The van der Waals surface area contributed by atoms with E-state index in [1.807, 2.05) is 0 Å². The Morgan fingerprint density at radius 3 is 2.79 bits per heavy atom. The Bertz CT molecular complexity index is 779. The predicted octanol–water partition coefficient (Wildman–Crippen LogP) is -1.82. The lowest BCUT2D eigenvalue weighted by atomic mass is 10.1. The van der Waals surface area contributed by atoms with Gasteiger partial charge in [0.2, 0.25) is 0 Å². The summed E-state index contributed by atoms with van der Waals surface area (Å²) < 4.78 is 22.9. The van der Waals surface area contributed by atoms with Crippen LogP contribution in [-0.2, 0) is 14.0 Å². The van der Waals surface area contributed by atoms with Crippen molar-refractivity contribution in [1.82, 2.24) is 19.5 Å². The van der Waals surface area contributed by atoms with Crippen LogP contribution in [0.4, 0.5) is 5.82 Å². The van der Waals surface area contributed by atoms with Crippen molar-refractivity contribution in [2.45, 2.75) is 24.5 Å². The first kappa shape index (κ1) is 17.2. The molecule has 0 bridgehead atoms. The van der Waals surface area contributed by atoms with Crippen molar-refractivity contribution in [3.05, 3.63) is 12.7 Å². The van der Waals surface area contributed by atoms with Gasteiger partial charge in [-0.1, -0.05) is 0 Å². The molecule has 1 saturated heterocycles. The summed E-state index contributed by atoms with van der Waals surface area (Å²) in [5, 5.41) is 19.8. The largest absolute Gasteiger partial charge is 0.394 e. The number of hydrogen-bond donors (Lipinski definition) is 5.